The van der Waals surface area contributed by atoms with Crippen LogP contribution in [0, 0.1) is 0 Å². The molecule has 1 aromatic heterocycles. The molecular formula is C15H15Cl2NO2. The molecule has 1 N–H and O–H groups in total. The van der Waals surface area contributed by atoms with Crippen molar-refractivity contribution < 1.29 is 9.15 Å². The largest absolute Gasteiger partial charge is 0.486 e. The van der Waals surface area contributed by atoms with Crippen molar-refractivity contribution in [3.63, 3.8) is 0 Å². The summed E-state index contributed by atoms with van der Waals surface area (Å²) in [5, 5.41) is 4.55. The maximum absolute atomic E-state index is 5.92. The zero-order valence-electron chi connectivity index (χ0n) is 10.9. The molecule has 2 aromatic rings. The smallest absolute Gasteiger partial charge is 0.146 e. The molecule has 3 nitrogen and oxygen atoms in total. The maximum atomic E-state index is 5.92. The van der Waals surface area contributed by atoms with Gasteiger partial charge in [0, 0.05) is 28.2 Å². The lowest BCUT2D eigenvalue weighted by Crippen LogP contribution is -2.14. The first kappa shape index (κ1) is 13.8. The Balaban J connectivity index is 1.54. The van der Waals surface area contributed by atoms with Gasteiger partial charge in [-0.1, -0.05) is 23.2 Å². The van der Waals surface area contributed by atoms with E-state index in [0.717, 1.165) is 17.9 Å². The summed E-state index contributed by atoms with van der Waals surface area (Å²) >= 11 is 11.8. The molecular weight excluding hydrogens is 297 g/mol. The van der Waals surface area contributed by atoms with Crippen LogP contribution in [0.4, 0.5) is 0 Å². The Kier molecular flexibility index (Phi) is 4.20. The SMILES string of the molecule is Clc1cc(Cl)cc(OCc2cc(CNC3CC3)co2)c1. The van der Waals surface area contributed by atoms with Crippen molar-refractivity contribution in [3.05, 3.63) is 51.9 Å². The average Bonchev–Trinajstić information content (AvgIpc) is 3.12. The van der Waals surface area contributed by atoms with E-state index >= 15 is 0 Å². The number of nitrogens with one attached hydrogen (secondary N) is 1. The van der Waals surface area contributed by atoms with Gasteiger partial charge in [-0.05, 0) is 37.1 Å². The Hall–Kier alpha value is -1.16. The molecule has 0 aliphatic heterocycles. The number of rotatable bonds is 6. The van der Waals surface area contributed by atoms with Crippen LogP contribution in [0.15, 0.2) is 34.9 Å². The van der Waals surface area contributed by atoms with E-state index in [-0.39, 0.29) is 0 Å². The van der Waals surface area contributed by atoms with Gasteiger partial charge < -0.3 is 14.5 Å². The van der Waals surface area contributed by atoms with Crippen LogP contribution in [-0.2, 0) is 13.2 Å². The third-order valence-corrected chi connectivity index (χ3v) is 3.53. The molecule has 0 atom stereocenters. The van der Waals surface area contributed by atoms with Crippen LogP contribution in [0.5, 0.6) is 5.75 Å². The first-order chi connectivity index (χ1) is 9.69. The van der Waals surface area contributed by atoms with Gasteiger partial charge in [-0.25, -0.2) is 0 Å². The number of furan rings is 1. The van der Waals surface area contributed by atoms with Crippen LogP contribution in [0.3, 0.4) is 0 Å². The van der Waals surface area contributed by atoms with Gasteiger partial charge in [0.15, 0.2) is 0 Å². The van der Waals surface area contributed by atoms with Gasteiger partial charge in [0.25, 0.3) is 0 Å². The molecule has 0 spiro atoms. The Bertz CT molecular complexity index is 573. The summed E-state index contributed by atoms with van der Waals surface area (Å²) < 4.78 is 11.1. The molecule has 0 radical (unpaired) electrons. The second kappa shape index (κ2) is 6.08. The van der Waals surface area contributed by atoms with Crippen molar-refractivity contribution in [2.75, 3.05) is 0 Å². The van der Waals surface area contributed by atoms with Gasteiger partial charge in [0.05, 0.1) is 6.26 Å². The molecule has 1 fully saturated rings. The van der Waals surface area contributed by atoms with Crippen molar-refractivity contribution in [3.8, 4) is 5.75 Å². The number of ether oxygens (including phenoxy) is 1. The molecule has 1 saturated carbocycles. The molecule has 1 aromatic carbocycles. The van der Waals surface area contributed by atoms with E-state index in [1.54, 1.807) is 24.5 Å². The second-order valence-corrected chi connectivity index (χ2v) is 5.84. The maximum Gasteiger partial charge on any atom is 0.146 e. The second-order valence-electron chi connectivity index (χ2n) is 4.97. The topological polar surface area (TPSA) is 34.4 Å². The minimum Gasteiger partial charge on any atom is -0.486 e. The summed E-state index contributed by atoms with van der Waals surface area (Å²) in [5.41, 5.74) is 1.14. The van der Waals surface area contributed by atoms with Crippen LogP contribution < -0.4 is 10.1 Å². The molecule has 0 bridgehead atoms. The molecule has 0 saturated heterocycles. The standard InChI is InChI=1S/C15H15Cl2NO2/c16-11-4-12(17)6-14(5-11)20-9-15-3-10(8-19-15)7-18-13-1-2-13/h3-6,8,13,18H,1-2,7,9H2. The highest BCUT2D eigenvalue weighted by molar-refractivity contribution is 6.34. The molecule has 106 valence electrons. The lowest BCUT2D eigenvalue weighted by Gasteiger charge is -2.05. The molecule has 0 amide bonds. The Morgan fingerprint density at radius 1 is 1.15 bits per heavy atom. The van der Waals surface area contributed by atoms with Crippen LogP contribution in [0.25, 0.3) is 0 Å². The third kappa shape index (κ3) is 3.92. The van der Waals surface area contributed by atoms with E-state index < -0.39 is 0 Å². The average molecular weight is 312 g/mol. The van der Waals surface area contributed by atoms with Crippen molar-refractivity contribution in [2.45, 2.75) is 32.0 Å². The highest BCUT2D eigenvalue weighted by Gasteiger charge is 2.20. The summed E-state index contributed by atoms with van der Waals surface area (Å²) in [6.07, 6.45) is 4.33. The summed E-state index contributed by atoms with van der Waals surface area (Å²) in [6, 6.07) is 7.82. The number of benzene rings is 1. The number of hydrogen-bond acceptors (Lipinski definition) is 3. The van der Waals surface area contributed by atoms with E-state index in [2.05, 4.69) is 5.32 Å². The van der Waals surface area contributed by atoms with E-state index in [1.807, 2.05) is 6.07 Å². The highest BCUT2D eigenvalue weighted by atomic mass is 35.5. The summed E-state index contributed by atoms with van der Waals surface area (Å²) in [5.74, 6) is 1.42. The molecule has 5 heteroatoms. The minimum atomic E-state index is 0.361. The fraction of sp³-hybridized carbons (Fsp3) is 0.333. The Labute approximate surface area is 127 Å². The summed E-state index contributed by atoms with van der Waals surface area (Å²) in [6.45, 7) is 1.21. The van der Waals surface area contributed by atoms with Gasteiger partial charge in [-0.2, -0.15) is 0 Å². The Morgan fingerprint density at radius 2 is 1.90 bits per heavy atom. The van der Waals surface area contributed by atoms with Crippen molar-refractivity contribution in [1.29, 1.82) is 0 Å². The van der Waals surface area contributed by atoms with Gasteiger partial charge in [0.1, 0.15) is 18.1 Å². The molecule has 1 aliphatic carbocycles. The normalized spacial score (nSPS) is 14.5. The van der Waals surface area contributed by atoms with Gasteiger partial charge in [-0.3, -0.25) is 0 Å². The first-order valence-electron chi connectivity index (χ1n) is 6.57. The van der Waals surface area contributed by atoms with E-state index in [9.17, 15) is 0 Å². The van der Waals surface area contributed by atoms with E-state index in [4.69, 9.17) is 32.4 Å². The third-order valence-electron chi connectivity index (χ3n) is 3.10. The van der Waals surface area contributed by atoms with Crippen LogP contribution in [0.1, 0.15) is 24.2 Å². The van der Waals surface area contributed by atoms with Gasteiger partial charge in [-0.15, -0.1) is 0 Å². The summed E-state index contributed by atoms with van der Waals surface area (Å²) in [7, 11) is 0. The molecule has 1 heterocycles. The van der Waals surface area contributed by atoms with Crippen molar-refractivity contribution in [2.24, 2.45) is 0 Å². The van der Waals surface area contributed by atoms with E-state index in [1.165, 1.54) is 12.8 Å². The minimum absolute atomic E-state index is 0.361. The van der Waals surface area contributed by atoms with Gasteiger partial charge in [0.2, 0.25) is 0 Å². The van der Waals surface area contributed by atoms with Crippen molar-refractivity contribution >= 4 is 23.2 Å². The predicted molar refractivity (Wildman–Crippen MR) is 79.4 cm³/mol. The lowest BCUT2D eigenvalue weighted by atomic mass is 10.3. The van der Waals surface area contributed by atoms with E-state index in [0.29, 0.717) is 28.4 Å². The van der Waals surface area contributed by atoms with Crippen LogP contribution >= 0.6 is 23.2 Å². The predicted octanol–water partition coefficient (Wildman–Crippen LogP) is 4.42. The zero-order chi connectivity index (χ0) is 13.9. The monoisotopic (exact) mass is 311 g/mol. The molecule has 1 aliphatic rings. The number of halogens is 2. The fourth-order valence-electron chi connectivity index (χ4n) is 1.91. The summed E-state index contributed by atoms with van der Waals surface area (Å²) in [4.78, 5) is 0. The van der Waals surface area contributed by atoms with Crippen molar-refractivity contribution in [1.82, 2.24) is 5.32 Å². The molecule has 3 rings (SSSR count). The fourth-order valence-corrected chi connectivity index (χ4v) is 2.42. The van der Waals surface area contributed by atoms with Gasteiger partial charge >= 0.3 is 0 Å². The lowest BCUT2D eigenvalue weighted by molar-refractivity contribution is 0.270. The van der Waals surface area contributed by atoms with Crippen LogP contribution in [0.2, 0.25) is 10.0 Å². The Morgan fingerprint density at radius 3 is 2.60 bits per heavy atom. The quantitative estimate of drug-likeness (QED) is 0.857. The number of hydrogen-bond donors (Lipinski definition) is 1. The van der Waals surface area contributed by atoms with Crippen LogP contribution in [-0.4, -0.2) is 6.04 Å². The molecule has 0 unspecified atom stereocenters. The zero-order valence-corrected chi connectivity index (χ0v) is 12.4. The first-order valence-corrected chi connectivity index (χ1v) is 7.33. The highest BCUT2D eigenvalue weighted by Crippen LogP contribution is 2.25. The molecule has 20 heavy (non-hydrogen) atoms.